The quantitative estimate of drug-likeness (QED) is 0.712. The third-order valence-electron chi connectivity index (χ3n) is 4.11. The van der Waals surface area contributed by atoms with Crippen LogP contribution in [0, 0.1) is 0 Å². The number of fused-ring (bicyclic) bond motifs is 1. The molecule has 0 saturated carbocycles. The van der Waals surface area contributed by atoms with E-state index < -0.39 is 11.7 Å². The summed E-state index contributed by atoms with van der Waals surface area (Å²) >= 11 is 0. The molecule has 0 saturated heterocycles. The minimum atomic E-state index is -4.45. The number of alkyl halides is 3. The third-order valence-corrected chi connectivity index (χ3v) is 4.11. The second kappa shape index (κ2) is 5.87. The van der Waals surface area contributed by atoms with Crippen molar-refractivity contribution in [1.29, 1.82) is 0 Å². The fourth-order valence-corrected chi connectivity index (χ4v) is 3.00. The van der Waals surface area contributed by atoms with Crippen LogP contribution >= 0.6 is 0 Å². The first-order valence-corrected chi connectivity index (χ1v) is 7.78. The highest BCUT2D eigenvalue weighted by Gasteiger charge is 2.34. The van der Waals surface area contributed by atoms with Crippen molar-refractivity contribution >= 4 is 22.3 Å². The van der Waals surface area contributed by atoms with Crippen LogP contribution in [0.1, 0.15) is 16.7 Å². The zero-order valence-electron chi connectivity index (χ0n) is 13.4. The Bertz CT molecular complexity index is 1070. The minimum Gasteiger partial charge on any atom is -0.355 e. The van der Waals surface area contributed by atoms with Gasteiger partial charge in [-0.05, 0) is 35.4 Å². The summed E-state index contributed by atoms with van der Waals surface area (Å²) in [5.41, 5.74) is 2.37. The van der Waals surface area contributed by atoms with E-state index in [1.807, 2.05) is 0 Å². The average Bonchev–Trinajstić information content (AvgIpc) is 3.09. The predicted molar refractivity (Wildman–Crippen MR) is 93.6 cm³/mol. The topological polar surface area (TPSA) is 53.6 Å². The van der Waals surface area contributed by atoms with Crippen LogP contribution in [0.15, 0.2) is 67.2 Å². The lowest BCUT2D eigenvalue weighted by Crippen LogP contribution is -2.17. The number of nitrogens with one attached hydrogen (secondary N) is 2. The normalized spacial score (nSPS) is 14.8. The van der Waals surface area contributed by atoms with Gasteiger partial charge < -0.3 is 5.32 Å². The number of allylic oxidation sites excluding steroid dienone is 3. The first-order chi connectivity index (χ1) is 12.4. The van der Waals surface area contributed by atoms with E-state index in [2.05, 4.69) is 27.1 Å². The molecule has 1 aliphatic heterocycles. The molecule has 0 radical (unpaired) electrons. The molecule has 0 spiro atoms. The van der Waals surface area contributed by atoms with Gasteiger partial charge >= 0.3 is 6.18 Å². The van der Waals surface area contributed by atoms with E-state index in [0.717, 1.165) is 22.6 Å². The van der Waals surface area contributed by atoms with Gasteiger partial charge in [0.15, 0.2) is 5.65 Å². The molecule has 0 unspecified atom stereocenters. The van der Waals surface area contributed by atoms with Crippen LogP contribution in [0.5, 0.6) is 0 Å². The van der Waals surface area contributed by atoms with Crippen LogP contribution in [-0.2, 0) is 6.18 Å². The standard InChI is InChI=1S/C19H13F3N4/c1-11-8-12(13-6-7-23-18-15(13)10-24-26-18)9-17(25-11)14-4-2-3-5-16(14)19(20,21)22/h2-10,25H,1H2,(H,23,24,26). The summed E-state index contributed by atoms with van der Waals surface area (Å²) in [7, 11) is 0. The second-order valence-electron chi connectivity index (χ2n) is 5.84. The highest BCUT2D eigenvalue weighted by molar-refractivity contribution is 5.97. The van der Waals surface area contributed by atoms with Gasteiger partial charge in [-0.25, -0.2) is 4.98 Å². The molecule has 2 N–H and O–H groups in total. The summed E-state index contributed by atoms with van der Waals surface area (Å²) in [5.74, 6) is 0. The second-order valence-corrected chi connectivity index (χ2v) is 5.84. The summed E-state index contributed by atoms with van der Waals surface area (Å²) in [5, 5.41) is 10.5. The molecule has 1 aromatic carbocycles. The molecule has 3 heterocycles. The Morgan fingerprint density at radius 3 is 2.62 bits per heavy atom. The van der Waals surface area contributed by atoms with Gasteiger partial charge in [0, 0.05) is 28.5 Å². The largest absolute Gasteiger partial charge is 0.417 e. The van der Waals surface area contributed by atoms with Crippen molar-refractivity contribution < 1.29 is 13.2 Å². The van der Waals surface area contributed by atoms with Crippen LogP contribution in [-0.4, -0.2) is 15.2 Å². The van der Waals surface area contributed by atoms with E-state index in [1.165, 1.54) is 12.1 Å². The van der Waals surface area contributed by atoms with Gasteiger partial charge in [0.25, 0.3) is 0 Å². The molecule has 4 nitrogen and oxygen atoms in total. The van der Waals surface area contributed by atoms with Crippen LogP contribution in [0.2, 0.25) is 0 Å². The zero-order valence-corrected chi connectivity index (χ0v) is 13.4. The number of dihydropyridines is 1. The maximum Gasteiger partial charge on any atom is 0.417 e. The van der Waals surface area contributed by atoms with E-state index in [1.54, 1.807) is 36.7 Å². The Kier molecular flexibility index (Phi) is 3.64. The molecular formula is C19H13F3N4. The van der Waals surface area contributed by atoms with E-state index in [0.29, 0.717) is 17.0 Å². The number of hydrogen-bond donors (Lipinski definition) is 2. The molecular weight excluding hydrogens is 341 g/mol. The van der Waals surface area contributed by atoms with Gasteiger partial charge in [0.2, 0.25) is 0 Å². The maximum atomic E-state index is 13.4. The van der Waals surface area contributed by atoms with Gasteiger partial charge in [-0.15, -0.1) is 0 Å². The summed E-state index contributed by atoms with van der Waals surface area (Å²) in [4.78, 5) is 4.19. The summed E-state index contributed by atoms with van der Waals surface area (Å²) in [6.07, 6.45) is 2.28. The van der Waals surface area contributed by atoms with Crippen LogP contribution in [0.4, 0.5) is 13.2 Å². The number of halogens is 3. The first-order valence-electron chi connectivity index (χ1n) is 7.78. The average molecular weight is 354 g/mol. The Labute approximate surface area is 146 Å². The van der Waals surface area contributed by atoms with Gasteiger partial charge in [-0.3, -0.25) is 5.10 Å². The Morgan fingerprint density at radius 2 is 1.81 bits per heavy atom. The van der Waals surface area contributed by atoms with E-state index in [9.17, 15) is 13.2 Å². The number of hydrogen-bond acceptors (Lipinski definition) is 3. The molecule has 130 valence electrons. The monoisotopic (exact) mass is 354 g/mol. The van der Waals surface area contributed by atoms with Crippen molar-refractivity contribution in [3.63, 3.8) is 0 Å². The predicted octanol–water partition coefficient (Wildman–Crippen LogP) is 4.52. The lowest BCUT2D eigenvalue weighted by atomic mass is 9.95. The summed E-state index contributed by atoms with van der Waals surface area (Å²) < 4.78 is 40.1. The first kappa shape index (κ1) is 16.1. The maximum absolute atomic E-state index is 13.4. The third kappa shape index (κ3) is 2.77. The van der Waals surface area contributed by atoms with E-state index in [4.69, 9.17) is 0 Å². The smallest absolute Gasteiger partial charge is 0.355 e. The number of H-pyrrole nitrogens is 1. The van der Waals surface area contributed by atoms with Crippen molar-refractivity contribution in [3.05, 3.63) is 83.8 Å². The molecule has 26 heavy (non-hydrogen) atoms. The molecule has 3 aromatic rings. The number of rotatable bonds is 2. The molecule has 0 fully saturated rings. The fraction of sp³-hybridized carbons (Fsp3) is 0.0526. The van der Waals surface area contributed by atoms with Gasteiger partial charge in [-0.1, -0.05) is 24.8 Å². The Hall–Kier alpha value is -3.35. The van der Waals surface area contributed by atoms with Crippen molar-refractivity contribution in [3.8, 4) is 0 Å². The molecule has 2 aromatic heterocycles. The van der Waals surface area contributed by atoms with Gasteiger partial charge in [-0.2, -0.15) is 18.3 Å². The van der Waals surface area contributed by atoms with Gasteiger partial charge in [0.05, 0.1) is 11.8 Å². The number of nitrogens with zero attached hydrogens (tertiary/aromatic N) is 2. The summed E-state index contributed by atoms with van der Waals surface area (Å²) in [6.45, 7) is 3.88. The fourth-order valence-electron chi connectivity index (χ4n) is 3.00. The molecule has 0 aliphatic carbocycles. The number of aromatic nitrogens is 3. The molecule has 0 amide bonds. The van der Waals surface area contributed by atoms with Gasteiger partial charge in [0.1, 0.15) is 0 Å². The van der Waals surface area contributed by atoms with Crippen LogP contribution < -0.4 is 5.32 Å². The van der Waals surface area contributed by atoms with E-state index >= 15 is 0 Å². The van der Waals surface area contributed by atoms with Crippen molar-refractivity contribution in [1.82, 2.24) is 20.5 Å². The molecule has 4 rings (SSSR count). The molecule has 0 bridgehead atoms. The Balaban J connectivity index is 1.87. The minimum absolute atomic E-state index is 0.0734. The van der Waals surface area contributed by atoms with Crippen LogP contribution in [0.25, 0.3) is 22.3 Å². The van der Waals surface area contributed by atoms with E-state index in [-0.39, 0.29) is 5.56 Å². The van der Waals surface area contributed by atoms with Crippen molar-refractivity contribution in [2.45, 2.75) is 6.18 Å². The molecule has 0 atom stereocenters. The summed E-state index contributed by atoms with van der Waals surface area (Å²) in [6, 6.07) is 7.26. The highest BCUT2D eigenvalue weighted by atomic mass is 19.4. The zero-order chi connectivity index (χ0) is 18.3. The number of aromatic amines is 1. The van der Waals surface area contributed by atoms with Crippen molar-refractivity contribution in [2.24, 2.45) is 0 Å². The number of pyridine rings is 1. The highest BCUT2D eigenvalue weighted by Crippen LogP contribution is 2.37. The lowest BCUT2D eigenvalue weighted by Gasteiger charge is -2.21. The Morgan fingerprint density at radius 1 is 1.00 bits per heavy atom. The molecule has 1 aliphatic rings. The number of benzene rings is 1. The lowest BCUT2D eigenvalue weighted by molar-refractivity contribution is -0.137. The van der Waals surface area contributed by atoms with Crippen LogP contribution in [0.3, 0.4) is 0 Å². The SMILES string of the molecule is C=C1C=C(c2ccnc3[nH]ncc23)C=C(c2ccccc2C(F)(F)F)N1. The molecule has 7 heteroatoms. The van der Waals surface area contributed by atoms with Crippen molar-refractivity contribution in [2.75, 3.05) is 0 Å².